The second-order valence-corrected chi connectivity index (χ2v) is 8.98. The number of alkyl halides is 2. The Morgan fingerprint density at radius 2 is 1.40 bits per heavy atom. The van der Waals surface area contributed by atoms with E-state index in [1.807, 2.05) is 16.1 Å². The number of nitrogens with two attached hydrogens (primary N) is 1. The fraction of sp³-hybridized carbons (Fsp3) is 0.567. The quantitative estimate of drug-likeness (QED) is 0.0989. The number of nitrogens with zero attached hydrogens (tertiary/aromatic N) is 2. The molecule has 0 saturated carbocycles. The molecular formula is C30H51I2N5O3. The Morgan fingerprint density at radius 1 is 0.925 bits per heavy atom. The first-order chi connectivity index (χ1) is 19.0. The Labute approximate surface area is 270 Å². The van der Waals surface area contributed by atoms with Crippen LogP contribution in [-0.2, 0) is 0 Å². The normalized spacial score (nSPS) is 14.8. The van der Waals surface area contributed by atoms with Gasteiger partial charge >= 0.3 is 0 Å². The lowest BCUT2D eigenvalue weighted by Gasteiger charge is -2.20. The van der Waals surface area contributed by atoms with Crippen molar-refractivity contribution in [2.45, 2.75) is 40.0 Å². The molecule has 2 aromatic rings. The highest BCUT2D eigenvalue weighted by atomic mass is 127. The lowest BCUT2D eigenvalue weighted by molar-refractivity contribution is -0.384. The van der Waals surface area contributed by atoms with Crippen LogP contribution in [0.1, 0.15) is 44.2 Å². The third kappa shape index (κ3) is 19.7. The number of nitrogens with one attached hydrogen (secondary N) is 2. The first-order valence-corrected chi connectivity index (χ1v) is 17.5. The van der Waals surface area contributed by atoms with Gasteiger partial charge in [0.15, 0.2) is 0 Å². The van der Waals surface area contributed by atoms with Gasteiger partial charge in [0.25, 0.3) is 5.69 Å². The molecule has 4 rings (SSSR count). The van der Waals surface area contributed by atoms with E-state index in [1.165, 1.54) is 69.1 Å². The minimum absolute atomic E-state index is 0. The van der Waals surface area contributed by atoms with Gasteiger partial charge in [-0.3, -0.25) is 15.1 Å². The Hall–Kier alpha value is -1.35. The third-order valence-electron chi connectivity index (χ3n) is 6.22. The summed E-state index contributed by atoms with van der Waals surface area (Å²) in [6, 6.07) is 14.4. The lowest BCUT2D eigenvalue weighted by Crippen LogP contribution is -2.31. The third-order valence-corrected chi connectivity index (χ3v) is 6.22. The van der Waals surface area contributed by atoms with Crippen LogP contribution in [0.25, 0.3) is 0 Å². The number of nitro groups is 1. The summed E-state index contributed by atoms with van der Waals surface area (Å²) >= 11 is 4.30. The van der Waals surface area contributed by atoms with Crippen LogP contribution in [0.3, 0.4) is 0 Å². The molecule has 2 saturated heterocycles. The molecule has 0 unspecified atom stereocenters. The summed E-state index contributed by atoms with van der Waals surface area (Å²) in [4.78, 5) is 18.2. The van der Waals surface area contributed by atoms with Crippen LogP contribution in [0.4, 0.5) is 5.69 Å². The highest BCUT2D eigenvalue weighted by Crippen LogP contribution is 2.16. The van der Waals surface area contributed by atoms with Crippen molar-refractivity contribution in [2.24, 2.45) is 22.6 Å². The van der Waals surface area contributed by atoms with Crippen LogP contribution >= 0.6 is 45.2 Å². The van der Waals surface area contributed by atoms with E-state index < -0.39 is 4.92 Å². The maximum Gasteiger partial charge on any atom is 0.269 e. The molecule has 2 aliphatic heterocycles. The van der Waals surface area contributed by atoms with E-state index in [0.717, 1.165) is 38.0 Å². The van der Waals surface area contributed by atoms with Gasteiger partial charge in [0.05, 0.1) is 12.0 Å². The van der Waals surface area contributed by atoms with Crippen molar-refractivity contribution in [3.63, 3.8) is 0 Å². The van der Waals surface area contributed by atoms with Crippen molar-refractivity contribution in [2.75, 3.05) is 56.2 Å². The van der Waals surface area contributed by atoms with E-state index in [1.54, 1.807) is 12.1 Å². The fourth-order valence-electron chi connectivity index (χ4n) is 3.85. The number of non-ortho nitro benzene ring substituents is 1. The van der Waals surface area contributed by atoms with E-state index in [2.05, 4.69) is 92.0 Å². The van der Waals surface area contributed by atoms with Crippen molar-refractivity contribution in [3.05, 3.63) is 69.8 Å². The Balaban J connectivity index is 0. The molecule has 0 aliphatic carbocycles. The molecule has 0 radical (unpaired) electrons. The van der Waals surface area contributed by atoms with E-state index in [9.17, 15) is 10.1 Å². The smallest absolute Gasteiger partial charge is 0.269 e. The maximum absolute atomic E-state index is 10.2. The van der Waals surface area contributed by atoms with Crippen LogP contribution in [-0.4, -0.2) is 67.4 Å². The summed E-state index contributed by atoms with van der Waals surface area (Å²) in [6.45, 7) is 8.62. The van der Waals surface area contributed by atoms with E-state index >= 15 is 0 Å². The first-order valence-electron chi connectivity index (χ1n) is 13.2. The number of piperidine rings is 2. The molecule has 0 atom stereocenters. The summed E-state index contributed by atoms with van der Waals surface area (Å²) in [6.07, 6.45) is 7.09. The average Bonchev–Trinajstić information content (AvgIpc) is 3.02. The number of nitro benzene ring substituents is 1. The fourth-order valence-corrected chi connectivity index (χ4v) is 3.85. The van der Waals surface area contributed by atoms with Crippen LogP contribution < -0.4 is 21.1 Å². The predicted octanol–water partition coefficient (Wildman–Crippen LogP) is 6.70. The highest BCUT2D eigenvalue weighted by Gasteiger charge is 2.11. The minimum atomic E-state index is -0.445. The van der Waals surface area contributed by atoms with Crippen molar-refractivity contribution in [1.29, 1.82) is 0 Å². The molecule has 0 amide bonds. The van der Waals surface area contributed by atoms with Crippen molar-refractivity contribution in [3.8, 4) is 5.75 Å². The number of hydrogen-bond donors (Lipinski definition) is 3. The van der Waals surface area contributed by atoms with Crippen LogP contribution in [0, 0.1) is 28.9 Å². The SMILES string of the molecule is C.CI.CI.COc1ccc([N+](=O)[O-])cc1.Cc1ccc(C=NCC2CCNCC2)cc1.NCC1CCNCC1. The summed E-state index contributed by atoms with van der Waals surface area (Å²) < 4.78 is 4.83. The second-order valence-electron chi connectivity index (χ2n) is 8.98. The molecule has 228 valence electrons. The maximum atomic E-state index is 10.2. The molecule has 40 heavy (non-hydrogen) atoms. The van der Waals surface area contributed by atoms with Gasteiger partial charge in [0.2, 0.25) is 0 Å². The Bertz CT molecular complexity index is 872. The topological polar surface area (TPSA) is 115 Å². The van der Waals surface area contributed by atoms with Gasteiger partial charge in [-0.1, -0.05) is 82.4 Å². The van der Waals surface area contributed by atoms with Crippen LogP contribution in [0.15, 0.2) is 53.5 Å². The number of rotatable bonds is 6. The molecule has 0 bridgehead atoms. The molecule has 0 spiro atoms. The van der Waals surface area contributed by atoms with Gasteiger partial charge in [-0.25, -0.2) is 0 Å². The van der Waals surface area contributed by atoms with Gasteiger partial charge in [-0.05, 0) is 105 Å². The summed E-state index contributed by atoms with van der Waals surface area (Å²) in [5.41, 5.74) is 8.06. The lowest BCUT2D eigenvalue weighted by atomic mass is 9.98. The number of ether oxygens (including phenoxy) is 1. The standard InChI is InChI=1S/C14H20N2.C7H7NO3.C6H14N2.2CH3I.CH4/c1-12-2-4-13(5-3-12)10-16-11-14-6-8-15-9-7-14;1-11-7-4-2-6(3-5-7)8(9)10;7-5-6-1-3-8-4-2-6;2*1-2;/h2-5,10,14-15H,6-9,11H2,1H3;2-5H,1H3;6,8H,1-5,7H2;2*1H3;1H4. The zero-order chi connectivity index (χ0) is 29.3. The van der Waals surface area contributed by atoms with Crippen molar-refractivity contribution < 1.29 is 9.66 Å². The monoisotopic (exact) mass is 783 g/mol. The number of methoxy groups -OCH3 is 1. The molecule has 2 fully saturated rings. The molecule has 2 heterocycles. The molecule has 2 aromatic carbocycles. The zero-order valence-corrected chi connectivity index (χ0v) is 28.2. The summed E-state index contributed by atoms with van der Waals surface area (Å²) in [5, 5.41) is 16.8. The van der Waals surface area contributed by atoms with Gasteiger partial charge < -0.3 is 21.1 Å². The summed E-state index contributed by atoms with van der Waals surface area (Å²) in [7, 11) is 1.52. The van der Waals surface area contributed by atoms with E-state index in [-0.39, 0.29) is 13.1 Å². The molecule has 8 nitrogen and oxygen atoms in total. The number of aryl methyl sites for hydroxylation is 1. The van der Waals surface area contributed by atoms with Gasteiger partial charge in [0.1, 0.15) is 5.75 Å². The molecule has 4 N–H and O–H groups in total. The van der Waals surface area contributed by atoms with Crippen molar-refractivity contribution in [1.82, 2.24) is 10.6 Å². The Kier molecular flexibility index (Phi) is 28.3. The molecule has 2 aliphatic rings. The highest BCUT2D eigenvalue weighted by molar-refractivity contribution is 14.1. The van der Waals surface area contributed by atoms with E-state index in [4.69, 9.17) is 10.5 Å². The van der Waals surface area contributed by atoms with Gasteiger partial charge in [-0.2, -0.15) is 0 Å². The van der Waals surface area contributed by atoms with Gasteiger partial charge in [0, 0.05) is 24.9 Å². The average molecular weight is 784 g/mol. The number of hydrogen-bond acceptors (Lipinski definition) is 7. The largest absolute Gasteiger partial charge is 0.497 e. The summed E-state index contributed by atoms with van der Waals surface area (Å²) in [5.74, 6) is 2.20. The first kappa shape index (κ1) is 40.8. The number of halogens is 2. The minimum Gasteiger partial charge on any atom is -0.497 e. The number of benzene rings is 2. The molecule has 10 heteroatoms. The predicted molar refractivity (Wildman–Crippen MR) is 190 cm³/mol. The van der Waals surface area contributed by atoms with E-state index in [0.29, 0.717) is 5.75 Å². The van der Waals surface area contributed by atoms with Crippen LogP contribution in [0.5, 0.6) is 5.75 Å². The van der Waals surface area contributed by atoms with Crippen molar-refractivity contribution >= 4 is 57.1 Å². The number of aliphatic imine (C=N–C) groups is 1. The van der Waals surface area contributed by atoms with Gasteiger partial charge in [-0.15, -0.1) is 0 Å². The second kappa shape index (κ2) is 27.8. The molecule has 0 aromatic heterocycles. The molecular weight excluding hydrogens is 732 g/mol. The Morgan fingerprint density at radius 3 is 1.80 bits per heavy atom. The van der Waals surface area contributed by atoms with Crippen LogP contribution in [0.2, 0.25) is 0 Å². The zero-order valence-electron chi connectivity index (χ0n) is 23.9.